The Morgan fingerprint density at radius 1 is 1.03 bits per heavy atom. The summed E-state index contributed by atoms with van der Waals surface area (Å²) in [6.45, 7) is 4.01. The molecule has 6 nitrogen and oxygen atoms in total. The molecule has 4 aromatic rings. The van der Waals surface area contributed by atoms with Crippen LogP contribution >= 0.6 is 0 Å². The molecule has 2 atom stereocenters. The minimum atomic E-state index is -0.968. The third kappa shape index (κ3) is 4.73. The predicted molar refractivity (Wildman–Crippen MR) is 142 cm³/mol. The number of rotatable bonds is 8. The molecule has 0 spiro atoms. The van der Waals surface area contributed by atoms with Crippen molar-refractivity contribution in [2.45, 2.75) is 38.8 Å². The van der Waals surface area contributed by atoms with Crippen LogP contribution in [0.3, 0.4) is 0 Å². The molecule has 3 aromatic carbocycles. The molecule has 1 amide bonds. The van der Waals surface area contributed by atoms with E-state index in [1.165, 1.54) is 4.57 Å². The molecule has 36 heavy (non-hydrogen) atoms. The Hall–Kier alpha value is -4.37. The number of carbonyl (C=O) groups excluding carboxylic acids is 1. The molecule has 0 aliphatic heterocycles. The number of carbonyl (C=O) groups is 1. The molecule has 1 N–H and O–H groups in total. The van der Waals surface area contributed by atoms with E-state index in [4.69, 9.17) is 4.74 Å². The van der Waals surface area contributed by atoms with Gasteiger partial charge >= 0.3 is 0 Å². The van der Waals surface area contributed by atoms with E-state index in [9.17, 15) is 14.9 Å². The number of para-hydroxylation sites is 1. The number of nitrogens with one attached hydrogen (secondary N) is 1. The highest BCUT2D eigenvalue weighted by Gasteiger charge is 2.29. The van der Waals surface area contributed by atoms with E-state index >= 15 is 0 Å². The van der Waals surface area contributed by atoms with E-state index in [-0.39, 0.29) is 17.5 Å². The van der Waals surface area contributed by atoms with Gasteiger partial charge < -0.3 is 10.1 Å². The van der Waals surface area contributed by atoms with Gasteiger partial charge in [0.2, 0.25) is 5.91 Å². The number of nitriles is 1. The standard InChI is InChI=1S/C30H29N3O3/c1-4-10-20(2)32-29(34)28(22-15-17-23(36-3)18-16-22)33-26-14-9-8-13-24(26)27(25(19-31)30(33)35)21-11-6-5-7-12-21/h5-9,11-18,20,28H,4,10H2,1-3H3,(H,32,34). The smallest absolute Gasteiger partial charge is 0.270 e. The highest BCUT2D eigenvalue weighted by molar-refractivity contribution is 5.98. The average Bonchev–Trinajstić information content (AvgIpc) is 2.90. The number of methoxy groups -OCH3 is 1. The molecule has 1 aromatic heterocycles. The molecule has 0 fully saturated rings. The van der Waals surface area contributed by atoms with Gasteiger partial charge in [0.1, 0.15) is 23.4 Å². The van der Waals surface area contributed by atoms with Gasteiger partial charge in [-0.2, -0.15) is 5.26 Å². The number of nitrogens with zero attached hydrogens (tertiary/aromatic N) is 2. The third-order valence-corrected chi connectivity index (χ3v) is 6.34. The quantitative estimate of drug-likeness (QED) is 0.365. The lowest BCUT2D eigenvalue weighted by atomic mass is 9.95. The minimum Gasteiger partial charge on any atom is -0.497 e. The Morgan fingerprint density at radius 2 is 1.69 bits per heavy atom. The molecule has 0 radical (unpaired) electrons. The maximum absolute atomic E-state index is 14.0. The van der Waals surface area contributed by atoms with Crippen LogP contribution in [0.4, 0.5) is 0 Å². The summed E-state index contributed by atoms with van der Waals surface area (Å²) in [5.74, 6) is 0.344. The van der Waals surface area contributed by atoms with Gasteiger partial charge in [-0.1, -0.05) is 74.0 Å². The fraction of sp³-hybridized carbons (Fsp3) is 0.233. The zero-order valence-corrected chi connectivity index (χ0v) is 20.7. The molecular formula is C30H29N3O3. The van der Waals surface area contributed by atoms with Crippen molar-refractivity contribution in [2.24, 2.45) is 0 Å². The van der Waals surface area contributed by atoms with Crippen LogP contribution in [0, 0.1) is 11.3 Å². The summed E-state index contributed by atoms with van der Waals surface area (Å²) in [6, 6.07) is 25.0. The summed E-state index contributed by atoms with van der Waals surface area (Å²) < 4.78 is 6.75. The lowest BCUT2D eigenvalue weighted by molar-refractivity contribution is -0.123. The highest BCUT2D eigenvalue weighted by atomic mass is 16.5. The van der Waals surface area contributed by atoms with Crippen LogP contribution in [0.15, 0.2) is 83.7 Å². The number of hydrogen-bond donors (Lipinski definition) is 1. The van der Waals surface area contributed by atoms with Crippen molar-refractivity contribution >= 4 is 16.8 Å². The molecule has 1 heterocycles. The molecule has 4 rings (SSSR count). The first-order valence-electron chi connectivity index (χ1n) is 12.1. The number of ether oxygens (including phenoxy) is 1. The zero-order valence-electron chi connectivity index (χ0n) is 20.7. The van der Waals surface area contributed by atoms with Gasteiger partial charge in [0, 0.05) is 17.0 Å². The summed E-state index contributed by atoms with van der Waals surface area (Å²) in [6.07, 6.45) is 1.73. The molecular weight excluding hydrogens is 450 g/mol. The third-order valence-electron chi connectivity index (χ3n) is 6.34. The summed E-state index contributed by atoms with van der Waals surface area (Å²) >= 11 is 0. The molecule has 6 heteroatoms. The number of aromatic nitrogens is 1. The van der Waals surface area contributed by atoms with Crippen LogP contribution in [-0.4, -0.2) is 23.6 Å². The number of hydrogen-bond acceptors (Lipinski definition) is 4. The van der Waals surface area contributed by atoms with Gasteiger partial charge in [-0.25, -0.2) is 0 Å². The van der Waals surface area contributed by atoms with Crippen molar-refractivity contribution in [3.05, 3.63) is 100 Å². The molecule has 0 aliphatic rings. The Kier molecular flexibility index (Phi) is 7.50. The van der Waals surface area contributed by atoms with Crippen LogP contribution in [0.2, 0.25) is 0 Å². The van der Waals surface area contributed by atoms with E-state index in [0.29, 0.717) is 22.4 Å². The Labute approximate surface area is 210 Å². The zero-order chi connectivity index (χ0) is 25.7. The number of pyridine rings is 1. The van der Waals surface area contributed by atoms with E-state index in [1.807, 2.05) is 61.5 Å². The Morgan fingerprint density at radius 3 is 2.33 bits per heavy atom. The maximum Gasteiger partial charge on any atom is 0.270 e. The second-order valence-electron chi connectivity index (χ2n) is 8.79. The fourth-order valence-electron chi connectivity index (χ4n) is 4.66. The first kappa shape index (κ1) is 24.7. The maximum atomic E-state index is 14.0. The molecule has 0 saturated heterocycles. The molecule has 0 saturated carbocycles. The van der Waals surface area contributed by atoms with E-state index in [1.54, 1.807) is 31.4 Å². The van der Waals surface area contributed by atoms with Crippen LogP contribution in [0.5, 0.6) is 5.75 Å². The normalized spacial score (nSPS) is 12.5. The topological polar surface area (TPSA) is 84.1 Å². The Bertz CT molecular complexity index is 1470. The number of fused-ring (bicyclic) bond motifs is 1. The summed E-state index contributed by atoms with van der Waals surface area (Å²) in [7, 11) is 1.57. The molecule has 182 valence electrons. The van der Waals surface area contributed by atoms with E-state index < -0.39 is 11.6 Å². The molecule has 0 bridgehead atoms. The SMILES string of the molecule is CCCC(C)NC(=O)C(c1ccc(OC)cc1)n1c(=O)c(C#N)c(-c2ccccc2)c2ccccc21. The average molecular weight is 480 g/mol. The predicted octanol–water partition coefficient (Wildman–Crippen LogP) is 5.44. The largest absolute Gasteiger partial charge is 0.497 e. The van der Waals surface area contributed by atoms with Crippen molar-refractivity contribution < 1.29 is 9.53 Å². The van der Waals surface area contributed by atoms with Crippen LogP contribution in [-0.2, 0) is 4.79 Å². The van der Waals surface area contributed by atoms with Crippen LogP contribution in [0.25, 0.3) is 22.0 Å². The monoisotopic (exact) mass is 479 g/mol. The Balaban J connectivity index is 2.03. The van der Waals surface area contributed by atoms with Crippen molar-refractivity contribution in [1.82, 2.24) is 9.88 Å². The lowest BCUT2D eigenvalue weighted by Crippen LogP contribution is -2.42. The van der Waals surface area contributed by atoms with Crippen LogP contribution < -0.4 is 15.6 Å². The fourth-order valence-corrected chi connectivity index (χ4v) is 4.66. The number of benzene rings is 3. The highest BCUT2D eigenvalue weighted by Crippen LogP contribution is 2.33. The summed E-state index contributed by atoms with van der Waals surface area (Å²) in [5.41, 5.74) is 2.06. The van der Waals surface area contributed by atoms with Gasteiger partial charge in [0.15, 0.2) is 0 Å². The second-order valence-corrected chi connectivity index (χ2v) is 8.79. The van der Waals surface area contributed by atoms with Gasteiger partial charge in [0.25, 0.3) is 5.56 Å². The summed E-state index contributed by atoms with van der Waals surface area (Å²) in [4.78, 5) is 27.7. The van der Waals surface area contributed by atoms with Gasteiger partial charge in [-0.05, 0) is 42.7 Å². The van der Waals surface area contributed by atoms with Crippen molar-refractivity contribution in [3.63, 3.8) is 0 Å². The van der Waals surface area contributed by atoms with Gasteiger partial charge in [-0.3, -0.25) is 14.2 Å². The minimum absolute atomic E-state index is 0.00724. The van der Waals surface area contributed by atoms with Gasteiger partial charge in [0.05, 0.1) is 12.6 Å². The first-order valence-corrected chi connectivity index (χ1v) is 12.1. The molecule has 2 unspecified atom stereocenters. The van der Waals surface area contributed by atoms with Crippen LogP contribution in [0.1, 0.15) is 43.9 Å². The van der Waals surface area contributed by atoms with Crippen molar-refractivity contribution in [1.29, 1.82) is 5.26 Å². The molecule has 0 aliphatic carbocycles. The first-order chi connectivity index (χ1) is 17.5. The van der Waals surface area contributed by atoms with E-state index in [2.05, 4.69) is 18.3 Å². The lowest BCUT2D eigenvalue weighted by Gasteiger charge is -2.25. The van der Waals surface area contributed by atoms with E-state index in [0.717, 1.165) is 23.8 Å². The summed E-state index contributed by atoms with van der Waals surface area (Å²) in [5, 5.41) is 13.9. The van der Waals surface area contributed by atoms with Crippen molar-refractivity contribution in [3.8, 4) is 22.9 Å². The van der Waals surface area contributed by atoms with Gasteiger partial charge in [-0.15, -0.1) is 0 Å². The van der Waals surface area contributed by atoms with Crippen molar-refractivity contribution in [2.75, 3.05) is 7.11 Å². The second kappa shape index (κ2) is 10.9. The number of amides is 1.